The molecule has 0 unspecified atom stereocenters. The third-order valence-electron chi connectivity index (χ3n) is 3.69. The Hall–Kier alpha value is -2.57. The summed E-state index contributed by atoms with van der Waals surface area (Å²) in [5.41, 5.74) is 0.811. The smallest absolute Gasteiger partial charge is 0.307 e. The molecule has 3 aromatic carbocycles. The highest BCUT2D eigenvalue weighted by atomic mass is 32.2. The van der Waals surface area contributed by atoms with E-state index >= 15 is 0 Å². The lowest BCUT2D eigenvalue weighted by molar-refractivity contribution is -0.136. The second-order valence-corrected chi connectivity index (χ2v) is 7.17. The van der Waals surface area contributed by atoms with Gasteiger partial charge in [0, 0.05) is 9.79 Å². The standard InChI is InChI=1S/C15H14O3S.C7H8OS/c1-18-12-7-3-5-9-14(12)19-13-8-4-2-6-11(13)10-15(16)17;1-8-6-4-2-3-5-7(6)9/h2-9H,10H2,1H3,(H,16,17);2-5,9H,1H3. The van der Waals surface area contributed by atoms with Crippen LogP contribution in [0.4, 0.5) is 0 Å². The van der Waals surface area contributed by atoms with E-state index < -0.39 is 5.97 Å². The Labute approximate surface area is 174 Å². The van der Waals surface area contributed by atoms with E-state index in [2.05, 4.69) is 12.6 Å². The summed E-state index contributed by atoms with van der Waals surface area (Å²) in [7, 11) is 3.26. The molecule has 3 rings (SSSR count). The molecule has 0 bridgehead atoms. The number of para-hydroxylation sites is 2. The summed E-state index contributed by atoms with van der Waals surface area (Å²) in [6.07, 6.45) is 0.0261. The van der Waals surface area contributed by atoms with Crippen molar-refractivity contribution < 1.29 is 19.4 Å². The zero-order valence-electron chi connectivity index (χ0n) is 15.7. The number of aliphatic carboxylic acids is 1. The number of hydrogen-bond acceptors (Lipinski definition) is 5. The molecular weight excluding hydrogens is 392 g/mol. The first-order chi connectivity index (χ1) is 13.5. The normalized spacial score (nSPS) is 9.82. The van der Waals surface area contributed by atoms with Gasteiger partial charge in [0.15, 0.2) is 0 Å². The van der Waals surface area contributed by atoms with E-state index in [1.165, 1.54) is 11.8 Å². The molecule has 0 aromatic heterocycles. The molecule has 3 aromatic rings. The molecule has 0 heterocycles. The lowest BCUT2D eigenvalue weighted by Gasteiger charge is -2.10. The van der Waals surface area contributed by atoms with Gasteiger partial charge in [-0.15, -0.1) is 12.6 Å². The van der Waals surface area contributed by atoms with Gasteiger partial charge in [0.1, 0.15) is 11.5 Å². The molecule has 0 aliphatic rings. The van der Waals surface area contributed by atoms with Crippen LogP contribution in [0.2, 0.25) is 0 Å². The quantitative estimate of drug-likeness (QED) is 0.525. The van der Waals surface area contributed by atoms with Crippen LogP contribution < -0.4 is 9.47 Å². The maximum atomic E-state index is 10.9. The summed E-state index contributed by atoms with van der Waals surface area (Å²) in [4.78, 5) is 13.7. The van der Waals surface area contributed by atoms with Crippen LogP contribution in [0.25, 0.3) is 0 Å². The Bertz CT molecular complexity index is 912. The Morgan fingerprint density at radius 3 is 1.96 bits per heavy atom. The van der Waals surface area contributed by atoms with Crippen LogP contribution >= 0.6 is 24.4 Å². The summed E-state index contributed by atoms with van der Waals surface area (Å²) in [6.45, 7) is 0. The fourth-order valence-corrected chi connectivity index (χ4v) is 3.67. The van der Waals surface area contributed by atoms with Crippen molar-refractivity contribution in [3.63, 3.8) is 0 Å². The Morgan fingerprint density at radius 2 is 1.39 bits per heavy atom. The number of benzene rings is 3. The van der Waals surface area contributed by atoms with Gasteiger partial charge in [-0.25, -0.2) is 0 Å². The van der Waals surface area contributed by atoms with E-state index in [-0.39, 0.29) is 6.42 Å². The van der Waals surface area contributed by atoms with Crippen LogP contribution in [0.5, 0.6) is 11.5 Å². The van der Waals surface area contributed by atoms with Gasteiger partial charge in [-0.1, -0.05) is 54.2 Å². The van der Waals surface area contributed by atoms with E-state index in [9.17, 15) is 4.79 Å². The Morgan fingerprint density at radius 1 is 0.857 bits per heavy atom. The second kappa shape index (κ2) is 11.3. The van der Waals surface area contributed by atoms with Gasteiger partial charge >= 0.3 is 5.97 Å². The number of hydrogen-bond donors (Lipinski definition) is 2. The van der Waals surface area contributed by atoms with Crippen molar-refractivity contribution in [1.82, 2.24) is 0 Å². The molecular formula is C22H22O4S2. The van der Waals surface area contributed by atoms with Crippen molar-refractivity contribution in [2.45, 2.75) is 21.1 Å². The molecule has 0 radical (unpaired) electrons. The second-order valence-electron chi connectivity index (χ2n) is 5.60. The van der Waals surface area contributed by atoms with Crippen molar-refractivity contribution >= 4 is 30.4 Å². The monoisotopic (exact) mass is 414 g/mol. The number of carboxylic acids is 1. The van der Waals surface area contributed by atoms with E-state index in [4.69, 9.17) is 14.6 Å². The predicted octanol–water partition coefficient (Wildman–Crippen LogP) is 5.46. The first-order valence-electron chi connectivity index (χ1n) is 8.47. The zero-order chi connectivity index (χ0) is 20.4. The first kappa shape index (κ1) is 21.7. The van der Waals surface area contributed by atoms with Crippen molar-refractivity contribution in [2.24, 2.45) is 0 Å². The van der Waals surface area contributed by atoms with Crippen LogP contribution in [-0.2, 0) is 11.2 Å². The number of thiol groups is 1. The average molecular weight is 415 g/mol. The Balaban J connectivity index is 0.000000261. The lowest BCUT2D eigenvalue weighted by Crippen LogP contribution is -2.01. The van der Waals surface area contributed by atoms with E-state index in [1.807, 2.05) is 72.8 Å². The van der Waals surface area contributed by atoms with E-state index in [0.717, 1.165) is 31.7 Å². The van der Waals surface area contributed by atoms with Gasteiger partial charge in [-0.2, -0.15) is 0 Å². The van der Waals surface area contributed by atoms with Crippen LogP contribution in [0, 0.1) is 0 Å². The molecule has 4 nitrogen and oxygen atoms in total. The topological polar surface area (TPSA) is 55.8 Å². The fraction of sp³-hybridized carbons (Fsp3) is 0.136. The molecule has 0 aliphatic carbocycles. The van der Waals surface area contributed by atoms with Gasteiger partial charge in [0.25, 0.3) is 0 Å². The highest BCUT2D eigenvalue weighted by Gasteiger charge is 2.10. The predicted molar refractivity (Wildman–Crippen MR) is 115 cm³/mol. The summed E-state index contributed by atoms with van der Waals surface area (Å²) in [6, 6.07) is 22.8. The minimum atomic E-state index is -0.826. The van der Waals surface area contributed by atoms with Crippen LogP contribution in [-0.4, -0.2) is 25.3 Å². The molecule has 6 heteroatoms. The zero-order valence-corrected chi connectivity index (χ0v) is 17.4. The number of carbonyl (C=O) groups is 1. The number of ether oxygens (including phenoxy) is 2. The van der Waals surface area contributed by atoms with Crippen LogP contribution in [0.1, 0.15) is 5.56 Å². The first-order valence-corrected chi connectivity index (χ1v) is 9.74. The largest absolute Gasteiger partial charge is 0.496 e. The van der Waals surface area contributed by atoms with Crippen molar-refractivity contribution in [1.29, 1.82) is 0 Å². The summed E-state index contributed by atoms with van der Waals surface area (Å²) >= 11 is 5.67. The summed E-state index contributed by atoms with van der Waals surface area (Å²) in [5.74, 6) is 0.784. The molecule has 0 fully saturated rings. The maximum absolute atomic E-state index is 10.9. The molecule has 0 aliphatic heterocycles. The van der Waals surface area contributed by atoms with Crippen molar-refractivity contribution in [2.75, 3.05) is 14.2 Å². The molecule has 1 N–H and O–H groups in total. The van der Waals surface area contributed by atoms with E-state index in [0.29, 0.717) is 0 Å². The minimum Gasteiger partial charge on any atom is -0.496 e. The fourth-order valence-electron chi connectivity index (χ4n) is 2.36. The van der Waals surface area contributed by atoms with Gasteiger partial charge in [-0.05, 0) is 35.9 Å². The molecule has 0 amide bonds. The van der Waals surface area contributed by atoms with Gasteiger partial charge < -0.3 is 14.6 Å². The molecule has 0 atom stereocenters. The third-order valence-corrected chi connectivity index (χ3v) is 5.23. The molecule has 28 heavy (non-hydrogen) atoms. The SMILES string of the molecule is COc1ccccc1S.COc1ccccc1Sc1ccccc1CC(=O)O. The minimum absolute atomic E-state index is 0.0261. The highest BCUT2D eigenvalue weighted by Crippen LogP contribution is 2.36. The number of carboxylic acid groups (broad SMARTS) is 1. The number of methoxy groups -OCH3 is 2. The molecule has 146 valence electrons. The van der Waals surface area contributed by atoms with Crippen molar-refractivity contribution in [3.8, 4) is 11.5 Å². The molecule has 0 saturated heterocycles. The van der Waals surface area contributed by atoms with Crippen molar-refractivity contribution in [3.05, 3.63) is 78.4 Å². The van der Waals surface area contributed by atoms with Gasteiger partial charge in [-0.3, -0.25) is 4.79 Å². The summed E-state index contributed by atoms with van der Waals surface area (Å²) in [5, 5.41) is 8.92. The third kappa shape index (κ3) is 6.55. The highest BCUT2D eigenvalue weighted by molar-refractivity contribution is 7.99. The van der Waals surface area contributed by atoms with Gasteiger partial charge in [0.05, 0.1) is 25.5 Å². The van der Waals surface area contributed by atoms with Crippen LogP contribution in [0.15, 0.2) is 87.5 Å². The average Bonchev–Trinajstić information content (AvgIpc) is 2.70. The lowest BCUT2D eigenvalue weighted by atomic mass is 10.1. The van der Waals surface area contributed by atoms with Crippen LogP contribution in [0.3, 0.4) is 0 Å². The molecule has 0 spiro atoms. The Kier molecular flexibility index (Phi) is 8.78. The number of rotatable bonds is 6. The van der Waals surface area contributed by atoms with E-state index in [1.54, 1.807) is 14.2 Å². The molecule has 0 saturated carbocycles. The maximum Gasteiger partial charge on any atom is 0.307 e. The summed E-state index contributed by atoms with van der Waals surface area (Å²) < 4.78 is 10.3. The van der Waals surface area contributed by atoms with Gasteiger partial charge in [0.2, 0.25) is 0 Å².